The number of hydrogen-bond acceptors (Lipinski definition) is 5. The number of benzene rings is 1. The minimum Gasteiger partial charge on any atom is -0.341 e. The molecule has 0 bridgehead atoms. The van der Waals surface area contributed by atoms with E-state index in [2.05, 4.69) is 24.0 Å². The van der Waals surface area contributed by atoms with Crippen LogP contribution in [0.25, 0.3) is 11.4 Å². The number of likely N-dealkylation sites (tertiary alicyclic amines) is 1. The number of nitrogens with zero attached hydrogens (tertiary/aromatic N) is 4. The van der Waals surface area contributed by atoms with Crippen molar-refractivity contribution in [1.29, 1.82) is 0 Å². The van der Waals surface area contributed by atoms with Crippen molar-refractivity contribution in [2.45, 2.75) is 37.6 Å². The van der Waals surface area contributed by atoms with E-state index in [1.54, 1.807) is 18.2 Å². The third-order valence-corrected chi connectivity index (χ3v) is 6.24. The Morgan fingerprint density at radius 3 is 2.56 bits per heavy atom. The van der Waals surface area contributed by atoms with Crippen molar-refractivity contribution < 1.29 is 4.79 Å². The quantitative estimate of drug-likeness (QED) is 0.590. The van der Waals surface area contributed by atoms with Gasteiger partial charge in [-0.25, -0.2) is 4.68 Å². The summed E-state index contributed by atoms with van der Waals surface area (Å²) in [5.74, 6) is 7.74. The van der Waals surface area contributed by atoms with E-state index in [4.69, 9.17) is 29.0 Å². The first-order valence-electron chi connectivity index (χ1n) is 8.87. The molecule has 3 unspecified atom stereocenters. The fraction of sp³-hybridized carbons (Fsp3) is 0.500. The summed E-state index contributed by atoms with van der Waals surface area (Å²) in [6.45, 7) is 7.85. The van der Waals surface area contributed by atoms with Crippen molar-refractivity contribution >= 4 is 40.9 Å². The molecule has 0 spiro atoms. The first-order chi connectivity index (χ1) is 12.8. The number of piperidine rings is 1. The molecular weight excluding hydrogens is 405 g/mol. The molecule has 9 heteroatoms. The standard InChI is InChI=1S/C18H23Cl2N5OS/c1-10-6-11(2)9-24(8-10)17(26)12(3)27-18-23-22-16(25(18)21)14-5-4-13(19)7-15(14)20/h4-5,7,10-12H,6,8-9,21H2,1-3H3. The fourth-order valence-corrected chi connectivity index (χ4v) is 4.87. The molecule has 2 heterocycles. The normalized spacial score (nSPS) is 21.3. The van der Waals surface area contributed by atoms with E-state index in [1.165, 1.54) is 16.4 Å². The molecule has 2 N–H and O–H groups in total. The van der Waals surface area contributed by atoms with Crippen LogP contribution >= 0.6 is 35.0 Å². The van der Waals surface area contributed by atoms with Crippen LogP contribution in [-0.4, -0.2) is 44.0 Å². The molecule has 0 radical (unpaired) electrons. The number of nitrogens with two attached hydrogens (primary N) is 1. The second-order valence-corrected chi connectivity index (χ2v) is 9.40. The molecule has 2 aromatic rings. The maximum absolute atomic E-state index is 12.8. The Bertz CT molecular complexity index is 833. The molecule has 3 rings (SSSR count). The number of rotatable bonds is 4. The number of hydrogen-bond donors (Lipinski definition) is 1. The molecule has 1 aromatic heterocycles. The van der Waals surface area contributed by atoms with Gasteiger partial charge >= 0.3 is 0 Å². The van der Waals surface area contributed by atoms with Crippen LogP contribution in [0.3, 0.4) is 0 Å². The predicted molar refractivity (Wildman–Crippen MR) is 110 cm³/mol. The van der Waals surface area contributed by atoms with Gasteiger partial charge < -0.3 is 10.7 Å². The van der Waals surface area contributed by atoms with E-state index in [0.29, 0.717) is 38.4 Å². The maximum Gasteiger partial charge on any atom is 0.235 e. The van der Waals surface area contributed by atoms with Gasteiger partial charge in [0.05, 0.1) is 10.3 Å². The van der Waals surface area contributed by atoms with E-state index >= 15 is 0 Å². The van der Waals surface area contributed by atoms with Crippen LogP contribution in [0.2, 0.25) is 10.0 Å². The van der Waals surface area contributed by atoms with E-state index < -0.39 is 0 Å². The third-order valence-electron chi connectivity index (χ3n) is 4.65. The second kappa shape index (κ2) is 8.29. The molecule has 3 atom stereocenters. The smallest absolute Gasteiger partial charge is 0.235 e. The highest BCUT2D eigenvalue weighted by atomic mass is 35.5. The van der Waals surface area contributed by atoms with Crippen molar-refractivity contribution in [2.24, 2.45) is 11.8 Å². The molecule has 1 amide bonds. The van der Waals surface area contributed by atoms with Crippen LogP contribution in [0.15, 0.2) is 23.4 Å². The summed E-state index contributed by atoms with van der Waals surface area (Å²) in [4.78, 5) is 14.8. The lowest BCUT2D eigenvalue weighted by Gasteiger charge is -2.36. The van der Waals surface area contributed by atoms with E-state index in [1.807, 2.05) is 11.8 Å². The molecule has 6 nitrogen and oxygen atoms in total. The van der Waals surface area contributed by atoms with Gasteiger partial charge in [0.25, 0.3) is 0 Å². The van der Waals surface area contributed by atoms with Gasteiger partial charge in [-0.2, -0.15) is 0 Å². The van der Waals surface area contributed by atoms with Crippen LogP contribution in [0, 0.1) is 11.8 Å². The number of amides is 1. The van der Waals surface area contributed by atoms with Crippen molar-refractivity contribution in [2.75, 3.05) is 18.9 Å². The highest BCUT2D eigenvalue weighted by Gasteiger charge is 2.29. The number of thioether (sulfide) groups is 1. The zero-order chi connectivity index (χ0) is 19.7. The van der Waals surface area contributed by atoms with Gasteiger partial charge in [-0.05, 0) is 43.4 Å². The largest absolute Gasteiger partial charge is 0.341 e. The molecule has 1 aliphatic heterocycles. The Hall–Kier alpha value is -1.44. The molecule has 0 aliphatic carbocycles. The Kier molecular flexibility index (Phi) is 6.23. The van der Waals surface area contributed by atoms with Crippen LogP contribution in [0.1, 0.15) is 27.2 Å². The zero-order valence-corrected chi connectivity index (χ0v) is 17.9. The lowest BCUT2D eigenvalue weighted by molar-refractivity contribution is -0.132. The Labute approximate surface area is 173 Å². The summed E-state index contributed by atoms with van der Waals surface area (Å²) in [5.41, 5.74) is 0.639. The van der Waals surface area contributed by atoms with Crippen molar-refractivity contribution in [3.8, 4) is 11.4 Å². The van der Waals surface area contributed by atoms with Gasteiger partial charge in [0.2, 0.25) is 11.1 Å². The molecule has 0 saturated carbocycles. The average Bonchev–Trinajstić information content (AvgIpc) is 2.94. The van der Waals surface area contributed by atoms with Gasteiger partial charge in [0.1, 0.15) is 0 Å². The summed E-state index contributed by atoms with van der Waals surface area (Å²) < 4.78 is 1.37. The van der Waals surface area contributed by atoms with Gasteiger partial charge in [0.15, 0.2) is 5.82 Å². The van der Waals surface area contributed by atoms with Crippen molar-refractivity contribution in [3.63, 3.8) is 0 Å². The molecule has 1 aliphatic rings. The molecule has 1 saturated heterocycles. The average molecular weight is 428 g/mol. The summed E-state index contributed by atoms with van der Waals surface area (Å²) in [5, 5.41) is 9.42. The Morgan fingerprint density at radius 2 is 1.93 bits per heavy atom. The lowest BCUT2D eigenvalue weighted by atomic mass is 9.92. The lowest BCUT2D eigenvalue weighted by Crippen LogP contribution is -2.45. The number of halogens is 2. The van der Waals surface area contributed by atoms with Crippen LogP contribution in [0.5, 0.6) is 0 Å². The summed E-state index contributed by atoms with van der Waals surface area (Å²) in [7, 11) is 0. The zero-order valence-electron chi connectivity index (χ0n) is 15.5. The van der Waals surface area contributed by atoms with Gasteiger partial charge in [-0.3, -0.25) is 4.79 Å². The summed E-state index contributed by atoms with van der Waals surface area (Å²) in [6, 6.07) is 5.09. The third kappa shape index (κ3) is 4.52. The first kappa shape index (κ1) is 20.3. The predicted octanol–water partition coefficient (Wildman–Crippen LogP) is 3.95. The molecule has 1 aromatic carbocycles. The molecule has 1 fully saturated rings. The fourth-order valence-electron chi connectivity index (χ4n) is 3.52. The highest BCUT2D eigenvalue weighted by molar-refractivity contribution is 8.00. The number of aromatic nitrogens is 3. The number of nitrogen functional groups attached to an aromatic ring is 1. The minimum atomic E-state index is -0.303. The summed E-state index contributed by atoms with van der Waals surface area (Å²) in [6.07, 6.45) is 1.16. The van der Waals surface area contributed by atoms with E-state index in [-0.39, 0.29) is 11.2 Å². The Morgan fingerprint density at radius 1 is 1.26 bits per heavy atom. The van der Waals surface area contributed by atoms with Gasteiger partial charge in [-0.1, -0.05) is 48.8 Å². The second-order valence-electron chi connectivity index (χ2n) is 7.25. The highest BCUT2D eigenvalue weighted by Crippen LogP contribution is 2.32. The molecule has 146 valence electrons. The van der Waals surface area contributed by atoms with Crippen LogP contribution in [0.4, 0.5) is 0 Å². The SMILES string of the molecule is CC1CC(C)CN(C(=O)C(C)Sc2nnc(-c3ccc(Cl)cc3Cl)n2N)C1. The molecule has 27 heavy (non-hydrogen) atoms. The summed E-state index contributed by atoms with van der Waals surface area (Å²) >= 11 is 13.5. The van der Waals surface area contributed by atoms with E-state index in [0.717, 1.165) is 19.5 Å². The van der Waals surface area contributed by atoms with Gasteiger partial charge in [0, 0.05) is 23.7 Å². The van der Waals surface area contributed by atoms with Crippen LogP contribution in [-0.2, 0) is 4.79 Å². The maximum atomic E-state index is 12.8. The Balaban J connectivity index is 1.74. The monoisotopic (exact) mass is 427 g/mol. The minimum absolute atomic E-state index is 0.104. The first-order valence-corrected chi connectivity index (χ1v) is 10.5. The van der Waals surface area contributed by atoms with Gasteiger partial charge in [-0.15, -0.1) is 10.2 Å². The van der Waals surface area contributed by atoms with Crippen molar-refractivity contribution in [1.82, 2.24) is 19.8 Å². The van der Waals surface area contributed by atoms with E-state index in [9.17, 15) is 4.79 Å². The number of carbonyl (C=O) groups excluding carboxylic acids is 1. The number of carbonyl (C=O) groups is 1. The topological polar surface area (TPSA) is 77.0 Å². The molecular formula is C18H23Cl2N5OS. The van der Waals surface area contributed by atoms with Crippen LogP contribution < -0.4 is 5.84 Å². The van der Waals surface area contributed by atoms with Crippen molar-refractivity contribution in [3.05, 3.63) is 28.2 Å².